The molecule has 1 heterocycles. The Morgan fingerprint density at radius 3 is 3.11 bits per heavy atom. The van der Waals surface area contributed by atoms with Gasteiger partial charge in [0.05, 0.1) is 0 Å². The van der Waals surface area contributed by atoms with E-state index in [0.29, 0.717) is 0 Å². The number of allylic oxidation sites excluding steroid dienone is 2. The average Bonchev–Trinajstić information content (AvgIpc) is 1.97. The maximum absolute atomic E-state index is 12.2. The van der Waals surface area contributed by atoms with E-state index in [1.165, 1.54) is 6.08 Å². The summed E-state index contributed by atoms with van der Waals surface area (Å²) in [6.07, 6.45) is 3.33. The number of esters is 1. The lowest BCUT2D eigenvalue weighted by Gasteiger charge is -1.90. The number of rotatable bonds is 0. The van der Waals surface area contributed by atoms with Gasteiger partial charge in [-0.05, 0) is 12.2 Å². The van der Waals surface area contributed by atoms with Crippen LogP contribution in [0.15, 0.2) is 24.1 Å². The van der Waals surface area contributed by atoms with E-state index in [9.17, 15) is 9.18 Å². The summed E-state index contributed by atoms with van der Waals surface area (Å²) in [5.74, 6) is -0.931. The summed E-state index contributed by atoms with van der Waals surface area (Å²) in [7, 11) is 0. The molecular formula is C6H5FO2. The van der Waals surface area contributed by atoms with Gasteiger partial charge in [0.1, 0.15) is 12.4 Å². The first kappa shape index (κ1) is 6.01. The first-order valence-electron chi connectivity index (χ1n) is 2.49. The summed E-state index contributed by atoms with van der Waals surface area (Å²) in [4.78, 5) is 10.3. The molecule has 0 spiro atoms. The van der Waals surface area contributed by atoms with Crippen molar-refractivity contribution in [1.82, 2.24) is 0 Å². The fourth-order valence-corrected chi connectivity index (χ4v) is 0.467. The van der Waals surface area contributed by atoms with Crippen molar-refractivity contribution in [2.24, 2.45) is 0 Å². The van der Waals surface area contributed by atoms with E-state index in [1.54, 1.807) is 0 Å². The van der Waals surface area contributed by atoms with E-state index in [4.69, 9.17) is 0 Å². The molecule has 48 valence electrons. The minimum absolute atomic E-state index is 0.0255. The number of hydrogen-bond acceptors (Lipinski definition) is 2. The fraction of sp³-hybridized carbons (Fsp3) is 0.167. The van der Waals surface area contributed by atoms with Crippen LogP contribution in [0.25, 0.3) is 0 Å². The molecule has 1 aliphatic heterocycles. The zero-order chi connectivity index (χ0) is 6.69. The number of halogens is 1. The summed E-state index contributed by atoms with van der Waals surface area (Å²) < 4.78 is 16.6. The predicted octanol–water partition coefficient (Wildman–Crippen LogP) is 0.953. The van der Waals surface area contributed by atoms with Crippen LogP contribution < -0.4 is 0 Å². The molecule has 0 atom stereocenters. The van der Waals surface area contributed by atoms with E-state index >= 15 is 0 Å². The molecule has 0 saturated heterocycles. The molecule has 0 aromatic carbocycles. The molecule has 0 aromatic rings. The van der Waals surface area contributed by atoms with Crippen LogP contribution >= 0.6 is 0 Å². The quantitative estimate of drug-likeness (QED) is 0.454. The zero-order valence-electron chi connectivity index (χ0n) is 4.63. The van der Waals surface area contributed by atoms with Gasteiger partial charge in [-0.2, -0.15) is 0 Å². The van der Waals surface area contributed by atoms with Gasteiger partial charge in [-0.1, -0.05) is 0 Å². The Kier molecular flexibility index (Phi) is 1.63. The molecule has 1 rings (SSSR count). The van der Waals surface area contributed by atoms with Gasteiger partial charge in [-0.25, -0.2) is 9.18 Å². The van der Waals surface area contributed by atoms with Crippen LogP contribution in [0.3, 0.4) is 0 Å². The van der Waals surface area contributed by atoms with Crippen molar-refractivity contribution >= 4 is 5.97 Å². The molecule has 1 aliphatic rings. The van der Waals surface area contributed by atoms with Crippen molar-refractivity contribution < 1.29 is 13.9 Å². The molecule has 0 saturated carbocycles. The lowest BCUT2D eigenvalue weighted by Crippen LogP contribution is -1.97. The fourth-order valence-electron chi connectivity index (χ4n) is 0.467. The number of cyclic esters (lactones) is 1. The van der Waals surface area contributed by atoms with Crippen molar-refractivity contribution in [3.8, 4) is 0 Å². The predicted molar refractivity (Wildman–Crippen MR) is 29.3 cm³/mol. The van der Waals surface area contributed by atoms with E-state index in [2.05, 4.69) is 4.74 Å². The summed E-state index contributed by atoms with van der Waals surface area (Å²) in [6, 6.07) is 0. The maximum Gasteiger partial charge on any atom is 0.331 e. The van der Waals surface area contributed by atoms with E-state index < -0.39 is 11.8 Å². The van der Waals surface area contributed by atoms with E-state index in [1.807, 2.05) is 0 Å². The molecule has 0 amide bonds. The van der Waals surface area contributed by atoms with Gasteiger partial charge in [0.25, 0.3) is 0 Å². The van der Waals surface area contributed by atoms with Gasteiger partial charge in [0, 0.05) is 6.08 Å². The van der Waals surface area contributed by atoms with E-state index in [0.717, 1.165) is 12.2 Å². The number of carbonyl (C=O) groups is 1. The third-order valence-electron chi connectivity index (χ3n) is 0.883. The highest BCUT2D eigenvalue weighted by Crippen LogP contribution is 2.02. The molecule has 0 aromatic heterocycles. The van der Waals surface area contributed by atoms with Gasteiger partial charge in [-0.3, -0.25) is 0 Å². The smallest absolute Gasteiger partial charge is 0.331 e. The van der Waals surface area contributed by atoms with Crippen LogP contribution in [-0.2, 0) is 9.53 Å². The Bertz CT molecular complexity index is 181. The Morgan fingerprint density at radius 2 is 2.33 bits per heavy atom. The molecule has 0 aliphatic carbocycles. The minimum Gasteiger partial charge on any atom is -0.458 e. The minimum atomic E-state index is -0.501. The number of carbonyl (C=O) groups excluding carboxylic acids is 1. The Labute approximate surface area is 51.6 Å². The third-order valence-corrected chi connectivity index (χ3v) is 0.883. The van der Waals surface area contributed by atoms with Crippen LogP contribution in [0.5, 0.6) is 0 Å². The normalized spacial score (nSPS) is 18.3. The topological polar surface area (TPSA) is 26.3 Å². The standard InChI is InChI=1S/C6H5FO2/c7-5-1-2-6(8)9-4-3-5/h1-3H,4H2. The lowest BCUT2D eigenvalue weighted by atomic mass is 10.4. The summed E-state index contributed by atoms with van der Waals surface area (Å²) in [6.45, 7) is 0.0255. The molecule has 2 nitrogen and oxygen atoms in total. The van der Waals surface area contributed by atoms with Gasteiger partial charge in [0.2, 0.25) is 0 Å². The molecule has 0 radical (unpaired) electrons. The van der Waals surface area contributed by atoms with Crippen LogP contribution in [0.4, 0.5) is 4.39 Å². The monoisotopic (exact) mass is 128 g/mol. The van der Waals surface area contributed by atoms with Gasteiger partial charge in [-0.15, -0.1) is 0 Å². The van der Waals surface area contributed by atoms with Crippen molar-refractivity contribution in [3.05, 3.63) is 24.1 Å². The number of ether oxygens (including phenoxy) is 1. The summed E-state index contributed by atoms with van der Waals surface area (Å²) in [5, 5.41) is 0. The molecule has 0 bridgehead atoms. The van der Waals surface area contributed by atoms with Crippen LogP contribution in [0, 0.1) is 0 Å². The number of hydrogen-bond donors (Lipinski definition) is 0. The second-order valence-electron chi connectivity index (χ2n) is 1.55. The van der Waals surface area contributed by atoms with Crippen molar-refractivity contribution in [2.45, 2.75) is 0 Å². The SMILES string of the molecule is O=C1C=CC(F)=CCO1. The first-order valence-corrected chi connectivity index (χ1v) is 2.49. The maximum atomic E-state index is 12.2. The van der Waals surface area contributed by atoms with Crippen LogP contribution in [-0.4, -0.2) is 12.6 Å². The Balaban J connectivity index is 2.69. The molecule has 0 unspecified atom stereocenters. The Morgan fingerprint density at radius 1 is 1.56 bits per heavy atom. The highest BCUT2D eigenvalue weighted by atomic mass is 19.1. The van der Waals surface area contributed by atoms with Crippen molar-refractivity contribution in [2.75, 3.05) is 6.61 Å². The van der Waals surface area contributed by atoms with Crippen molar-refractivity contribution in [1.29, 1.82) is 0 Å². The lowest BCUT2D eigenvalue weighted by molar-refractivity contribution is -0.136. The summed E-state index contributed by atoms with van der Waals surface area (Å²) >= 11 is 0. The highest BCUT2D eigenvalue weighted by molar-refractivity contribution is 5.82. The molecular weight excluding hydrogens is 123 g/mol. The zero-order valence-corrected chi connectivity index (χ0v) is 4.63. The largest absolute Gasteiger partial charge is 0.458 e. The van der Waals surface area contributed by atoms with Gasteiger partial charge in [0.15, 0.2) is 0 Å². The van der Waals surface area contributed by atoms with Gasteiger partial charge < -0.3 is 4.74 Å². The van der Waals surface area contributed by atoms with Gasteiger partial charge >= 0.3 is 5.97 Å². The molecule has 0 N–H and O–H groups in total. The highest BCUT2D eigenvalue weighted by Gasteiger charge is 1.99. The van der Waals surface area contributed by atoms with Crippen LogP contribution in [0.2, 0.25) is 0 Å². The summed E-state index contributed by atoms with van der Waals surface area (Å²) in [5.41, 5.74) is 0. The second kappa shape index (κ2) is 2.44. The third kappa shape index (κ3) is 1.68. The molecule has 3 heteroatoms. The van der Waals surface area contributed by atoms with Crippen LogP contribution in [0.1, 0.15) is 0 Å². The average molecular weight is 128 g/mol. The second-order valence-corrected chi connectivity index (χ2v) is 1.55. The Hall–Kier alpha value is -1.12. The van der Waals surface area contributed by atoms with E-state index in [-0.39, 0.29) is 6.61 Å². The van der Waals surface area contributed by atoms with Crippen molar-refractivity contribution in [3.63, 3.8) is 0 Å². The first-order chi connectivity index (χ1) is 4.29. The molecule has 0 fully saturated rings. The molecule has 9 heavy (non-hydrogen) atoms.